The normalized spacial score (nSPS) is 10.3. The van der Waals surface area contributed by atoms with Gasteiger partial charge in [0.1, 0.15) is 5.69 Å². The summed E-state index contributed by atoms with van der Waals surface area (Å²) in [4.78, 5) is 30.5. The van der Waals surface area contributed by atoms with E-state index in [2.05, 4.69) is 4.98 Å². The van der Waals surface area contributed by atoms with Gasteiger partial charge in [0.15, 0.2) is 6.61 Å². The van der Waals surface area contributed by atoms with Crippen LogP contribution in [0.3, 0.4) is 0 Å². The van der Waals surface area contributed by atoms with Crippen molar-refractivity contribution in [1.29, 1.82) is 5.26 Å². The molecule has 0 atom stereocenters. The molecular formula is C21H16ClN3O3. The third kappa shape index (κ3) is 4.64. The zero-order valence-corrected chi connectivity index (χ0v) is 15.6. The van der Waals surface area contributed by atoms with Gasteiger partial charge in [-0.3, -0.25) is 4.79 Å². The van der Waals surface area contributed by atoms with Gasteiger partial charge < -0.3 is 9.64 Å². The smallest absolute Gasteiger partial charge is 0.357 e. The molecule has 7 heteroatoms. The van der Waals surface area contributed by atoms with Crippen molar-refractivity contribution in [3.05, 3.63) is 71.4 Å². The number of esters is 1. The van der Waals surface area contributed by atoms with Gasteiger partial charge in [-0.2, -0.15) is 5.26 Å². The molecule has 1 aromatic heterocycles. The zero-order chi connectivity index (χ0) is 19.9. The van der Waals surface area contributed by atoms with Crippen LogP contribution in [0.4, 0.5) is 5.69 Å². The van der Waals surface area contributed by atoms with E-state index in [1.807, 2.05) is 24.3 Å². The van der Waals surface area contributed by atoms with E-state index in [1.54, 1.807) is 42.5 Å². The Balaban J connectivity index is 1.70. The first-order chi connectivity index (χ1) is 13.6. The molecule has 0 bridgehead atoms. The van der Waals surface area contributed by atoms with Gasteiger partial charge in [0, 0.05) is 22.6 Å². The Kier molecular flexibility index (Phi) is 6.20. The molecule has 0 unspecified atom stereocenters. The number of hydrogen-bond donors (Lipinski definition) is 0. The summed E-state index contributed by atoms with van der Waals surface area (Å²) in [6.45, 7) is -0.299. The van der Waals surface area contributed by atoms with Crippen LogP contribution in [0, 0.1) is 11.3 Å². The van der Waals surface area contributed by atoms with Crippen LogP contribution >= 0.6 is 11.6 Å². The lowest BCUT2D eigenvalue weighted by Gasteiger charge is -2.21. The minimum Gasteiger partial charge on any atom is -0.451 e. The molecule has 0 aliphatic heterocycles. The van der Waals surface area contributed by atoms with Gasteiger partial charge in [-0.25, -0.2) is 9.78 Å². The SMILES string of the molecule is N#CCCN(C(=O)COC(=O)c1ccc2ccccc2n1)c1cccc(Cl)c1. The highest BCUT2D eigenvalue weighted by molar-refractivity contribution is 6.30. The zero-order valence-electron chi connectivity index (χ0n) is 14.8. The average molecular weight is 394 g/mol. The molecular weight excluding hydrogens is 378 g/mol. The highest BCUT2D eigenvalue weighted by Crippen LogP contribution is 2.20. The Bertz CT molecular complexity index is 1060. The van der Waals surface area contributed by atoms with Crippen LogP contribution in [0.2, 0.25) is 5.02 Å². The molecule has 0 saturated heterocycles. The van der Waals surface area contributed by atoms with Crippen LogP contribution in [-0.4, -0.2) is 30.0 Å². The van der Waals surface area contributed by atoms with E-state index in [4.69, 9.17) is 21.6 Å². The fourth-order valence-electron chi connectivity index (χ4n) is 2.66. The summed E-state index contributed by atoms with van der Waals surface area (Å²) in [6.07, 6.45) is 0.137. The van der Waals surface area contributed by atoms with E-state index in [9.17, 15) is 9.59 Å². The molecule has 0 spiro atoms. The summed E-state index contributed by atoms with van der Waals surface area (Å²) in [7, 11) is 0. The number of fused-ring (bicyclic) bond motifs is 1. The van der Waals surface area contributed by atoms with Crippen molar-refractivity contribution in [2.45, 2.75) is 6.42 Å². The number of benzene rings is 2. The van der Waals surface area contributed by atoms with Crippen LogP contribution in [0.15, 0.2) is 60.7 Å². The first-order valence-corrected chi connectivity index (χ1v) is 8.92. The number of aromatic nitrogens is 1. The Morgan fingerprint density at radius 2 is 1.93 bits per heavy atom. The second kappa shape index (κ2) is 8.98. The first-order valence-electron chi connectivity index (χ1n) is 8.54. The number of halogens is 1. The van der Waals surface area contributed by atoms with E-state index in [0.29, 0.717) is 16.2 Å². The number of rotatable bonds is 6. The van der Waals surface area contributed by atoms with E-state index in [0.717, 1.165) is 5.39 Å². The maximum Gasteiger partial charge on any atom is 0.357 e. The molecule has 3 rings (SSSR count). The Morgan fingerprint density at radius 3 is 2.71 bits per heavy atom. The second-order valence-corrected chi connectivity index (χ2v) is 6.34. The third-order valence-corrected chi connectivity index (χ3v) is 4.24. The van der Waals surface area contributed by atoms with Gasteiger partial charge >= 0.3 is 5.97 Å². The van der Waals surface area contributed by atoms with Crippen molar-refractivity contribution in [3.8, 4) is 6.07 Å². The maximum absolute atomic E-state index is 12.6. The number of ether oxygens (including phenoxy) is 1. The number of carbonyl (C=O) groups is 2. The molecule has 2 aromatic carbocycles. The average Bonchev–Trinajstić information content (AvgIpc) is 2.72. The Hall–Kier alpha value is -3.43. The lowest BCUT2D eigenvalue weighted by molar-refractivity contribution is -0.121. The van der Waals surface area contributed by atoms with Gasteiger partial charge in [-0.15, -0.1) is 0 Å². The first kappa shape index (κ1) is 19.3. The van der Waals surface area contributed by atoms with Gasteiger partial charge in [0.25, 0.3) is 5.91 Å². The van der Waals surface area contributed by atoms with Crippen molar-refractivity contribution < 1.29 is 14.3 Å². The fraction of sp³-hybridized carbons (Fsp3) is 0.143. The molecule has 6 nitrogen and oxygen atoms in total. The number of nitriles is 1. The minimum absolute atomic E-state index is 0.123. The van der Waals surface area contributed by atoms with Crippen molar-refractivity contribution in [2.24, 2.45) is 0 Å². The standard InChI is InChI=1S/C21H16ClN3O3/c22-16-6-3-7-17(13-16)25(12-4-11-23)20(26)14-28-21(27)19-10-9-15-5-1-2-8-18(15)24-19/h1-3,5-10,13H,4,12,14H2. The molecule has 0 saturated carbocycles. The summed E-state index contributed by atoms with van der Waals surface area (Å²) in [5, 5.41) is 10.2. The van der Waals surface area contributed by atoms with Crippen molar-refractivity contribution in [3.63, 3.8) is 0 Å². The molecule has 0 aliphatic carbocycles. The molecule has 0 fully saturated rings. The number of para-hydroxylation sites is 1. The summed E-state index contributed by atoms with van der Waals surface area (Å²) in [5.41, 5.74) is 1.32. The maximum atomic E-state index is 12.6. The number of hydrogen-bond acceptors (Lipinski definition) is 5. The molecule has 1 heterocycles. The number of nitrogens with zero attached hydrogens (tertiary/aromatic N) is 3. The second-order valence-electron chi connectivity index (χ2n) is 5.90. The van der Waals surface area contributed by atoms with Crippen LogP contribution in [-0.2, 0) is 9.53 Å². The summed E-state index contributed by atoms with van der Waals surface area (Å²) >= 11 is 5.99. The largest absolute Gasteiger partial charge is 0.451 e. The summed E-state index contributed by atoms with van der Waals surface area (Å²) < 4.78 is 5.14. The van der Waals surface area contributed by atoms with E-state index >= 15 is 0 Å². The summed E-state index contributed by atoms with van der Waals surface area (Å²) in [5.74, 6) is -1.14. The van der Waals surface area contributed by atoms with E-state index < -0.39 is 18.5 Å². The third-order valence-electron chi connectivity index (χ3n) is 4.00. The molecule has 28 heavy (non-hydrogen) atoms. The fourth-order valence-corrected chi connectivity index (χ4v) is 2.85. The Labute approximate surface area is 166 Å². The molecule has 0 radical (unpaired) electrons. The predicted octanol–water partition coefficient (Wildman–Crippen LogP) is 3.99. The highest BCUT2D eigenvalue weighted by Gasteiger charge is 2.19. The van der Waals surface area contributed by atoms with Crippen molar-refractivity contribution in [1.82, 2.24) is 4.98 Å². The number of anilines is 1. The number of pyridine rings is 1. The molecule has 1 amide bonds. The molecule has 3 aromatic rings. The van der Waals surface area contributed by atoms with Gasteiger partial charge in [-0.05, 0) is 30.3 Å². The topological polar surface area (TPSA) is 83.3 Å². The highest BCUT2D eigenvalue weighted by atomic mass is 35.5. The molecule has 140 valence electrons. The quantitative estimate of drug-likeness (QED) is 0.591. The lowest BCUT2D eigenvalue weighted by Crippen LogP contribution is -2.35. The minimum atomic E-state index is -0.689. The van der Waals surface area contributed by atoms with Gasteiger partial charge in [0.05, 0.1) is 18.0 Å². The van der Waals surface area contributed by atoms with E-state index in [-0.39, 0.29) is 18.7 Å². The monoisotopic (exact) mass is 393 g/mol. The Morgan fingerprint density at radius 1 is 1.11 bits per heavy atom. The molecule has 0 aliphatic rings. The number of carbonyl (C=O) groups excluding carboxylic acids is 2. The summed E-state index contributed by atoms with van der Waals surface area (Å²) in [6, 6.07) is 19.4. The van der Waals surface area contributed by atoms with Crippen molar-refractivity contribution >= 4 is 40.1 Å². The van der Waals surface area contributed by atoms with Crippen molar-refractivity contribution in [2.75, 3.05) is 18.1 Å². The van der Waals surface area contributed by atoms with E-state index in [1.165, 1.54) is 4.90 Å². The number of amides is 1. The van der Waals surface area contributed by atoms with Crippen LogP contribution < -0.4 is 4.90 Å². The van der Waals surface area contributed by atoms with Crippen LogP contribution in [0.5, 0.6) is 0 Å². The van der Waals surface area contributed by atoms with Crippen LogP contribution in [0.25, 0.3) is 10.9 Å². The predicted molar refractivity (Wildman–Crippen MR) is 106 cm³/mol. The van der Waals surface area contributed by atoms with Gasteiger partial charge in [-0.1, -0.05) is 41.9 Å². The lowest BCUT2D eigenvalue weighted by atomic mass is 10.2. The molecule has 0 N–H and O–H groups in total. The van der Waals surface area contributed by atoms with Gasteiger partial charge in [0.2, 0.25) is 0 Å². The van der Waals surface area contributed by atoms with Crippen LogP contribution in [0.1, 0.15) is 16.9 Å².